The van der Waals surface area contributed by atoms with E-state index >= 15 is 0 Å². The average molecular weight is 543 g/mol. The van der Waals surface area contributed by atoms with E-state index in [1.54, 1.807) is 0 Å². The van der Waals surface area contributed by atoms with Gasteiger partial charge in [0.2, 0.25) is 0 Å². The first-order chi connectivity index (χ1) is 16.1. The van der Waals surface area contributed by atoms with Gasteiger partial charge in [-0.1, -0.05) is 0 Å². The van der Waals surface area contributed by atoms with Gasteiger partial charge in [0.05, 0.1) is 12.7 Å². The molecule has 19 heteroatoms. The minimum absolute atomic E-state index is 0.122. The van der Waals surface area contributed by atoms with Crippen LogP contribution in [0.25, 0.3) is 0 Å². The van der Waals surface area contributed by atoms with E-state index < -0.39 is 88.8 Å². The predicted molar refractivity (Wildman–Crippen MR) is 107 cm³/mol. The second-order valence-electron chi connectivity index (χ2n) is 7.84. The second kappa shape index (κ2) is 10.5. The Hall–Kier alpha value is -1.40. The normalized spacial score (nSPS) is 34.3. The molecule has 0 radical (unpaired) electrons. The maximum atomic E-state index is 12.4. The lowest BCUT2D eigenvalue weighted by Gasteiger charge is -2.49. The molecule has 1 unspecified atom stereocenters. The Kier molecular flexibility index (Phi) is 8.48. The zero-order chi connectivity index (χ0) is 26.3. The summed E-state index contributed by atoms with van der Waals surface area (Å²) in [5, 5.41) is 49.3. The maximum Gasteiger partial charge on any atom is 0.475 e. The van der Waals surface area contributed by atoms with E-state index in [1.165, 1.54) is 6.07 Å². The topological polar surface area (TPSA) is 296 Å². The van der Waals surface area contributed by atoms with Crippen molar-refractivity contribution >= 4 is 21.6 Å². The van der Waals surface area contributed by atoms with Crippen LogP contribution in [0.4, 0.5) is 5.82 Å². The summed E-state index contributed by atoms with van der Waals surface area (Å²) in [6.07, 6.45) is -10.5. The van der Waals surface area contributed by atoms with Crippen LogP contribution >= 0.6 is 15.8 Å². The summed E-state index contributed by atoms with van der Waals surface area (Å²) in [6, 6.07) is 1.21. The van der Waals surface area contributed by atoms with Crippen LogP contribution in [0, 0.1) is 0 Å². The molecule has 8 N–H and O–H groups in total. The Balaban J connectivity index is 1.71. The lowest BCUT2D eigenvalue weighted by atomic mass is 9.92. The quantitative estimate of drug-likeness (QED) is 0.119. The highest BCUT2D eigenvalue weighted by atomic mass is 31.2. The fraction of sp³-hybridized carbons (Fsp3) is 0.625. The zero-order valence-electron chi connectivity index (χ0n) is 17.6. The molecule has 3 rings (SSSR count). The summed E-state index contributed by atoms with van der Waals surface area (Å²) in [7, 11) is -11.2. The van der Waals surface area contributed by atoms with Gasteiger partial charge in [0.25, 0.3) is 0 Å². The molecule has 17 nitrogen and oxygen atoms in total. The van der Waals surface area contributed by atoms with Crippen LogP contribution in [0.1, 0.15) is 12.6 Å². The molecule has 0 bridgehead atoms. The minimum atomic E-state index is -5.83. The Morgan fingerprint density at radius 2 is 1.89 bits per heavy atom. The third-order valence-electron chi connectivity index (χ3n) is 5.28. The molecule has 0 spiro atoms. The predicted octanol–water partition coefficient (Wildman–Crippen LogP) is -5.84. The van der Waals surface area contributed by atoms with Crippen LogP contribution in [0.5, 0.6) is 0 Å². The fourth-order valence-electron chi connectivity index (χ4n) is 3.53. The van der Waals surface area contributed by atoms with E-state index in [-0.39, 0.29) is 5.82 Å². The van der Waals surface area contributed by atoms with Gasteiger partial charge in [0, 0.05) is 12.6 Å². The third kappa shape index (κ3) is 6.49. The molecule has 1 aliphatic carbocycles. The number of nitrogens with two attached hydrogens (primary N) is 1. The van der Waals surface area contributed by atoms with Gasteiger partial charge in [-0.25, -0.2) is 13.9 Å². The summed E-state index contributed by atoms with van der Waals surface area (Å²) in [5.41, 5.74) is 3.85. The fourth-order valence-corrected chi connectivity index (χ4v) is 5.73. The Labute approximate surface area is 197 Å². The van der Waals surface area contributed by atoms with E-state index in [0.29, 0.717) is 6.08 Å². The van der Waals surface area contributed by atoms with Crippen molar-refractivity contribution in [3.63, 3.8) is 0 Å². The molecule has 35 heavy (non-hydrogen) atoms. The number of phosphoric acid groups is 1. The Morgan fingerprint density at radius 3 is 2.46 bits per heavy atom. The number of nitrogens with zero attached hydrogens (tertiary/aromatic N) is 2. The molecule has 0 saturated carbocycles. The molecular weight excluding hydrogens is 520 g/mol. The van der Waals surface area contributed by atoms with E-state index in [0.717, 1.165) is 10.8 Å². The number of nitrogen functional groups attached to an aromatic ring is 1. The van der Waals surface area contributed by atoms with Gasteiger partial charge >= 0.3 is 13.5 Å². The molecule has 0 aromatic carbocycles. The number of hydrogen-bond acceptors (Lipinski definition) is 15. The number of aliphatic hydroxyl groups excluding tert-OH is 5. The van der Waals surface area contributed by atoms with Crippen LogP contribution in [-0.4, -0.2) is 89.1 Å². The molecule has 1 aromatic rings. The molecule has 1 aliphatic heterocycles. The van der Waals surface area contributed by atoms with Crippen molar-refractivity contribution in [2.24, 2.45) is 0 Å². The van der Waals surface area contributed by atoms with Crippen molar-refractivity contribution in [2.75, 3.05) is 12.3 Å². The number of aromatic nitrogens is 2. The highest BCUT2D eigenvalue weighted by Gasteiger charge is 2.46. The first kappa shape index (κ1) is 28.2. The van der Waals surface area contributed by atoms with Crippen molar-refractivity contribution in [3.8, 4) is 0 Å². The molecule has 2 heterocycles. The third-order valence-corrected chi connectivity index (χ3v) is 7.41. The van der Waals surface area contributed by atoms with Crippen molar-refractivity contribution in [3.05, 3.63) is 34.4 Å². The van der Waals surface area contributed by atoms with Crippen molar-refractivity contribution in [1.29, 1.82) is 0 Å². The monoisotopic (exact) mass is 543 g/mol. The Bertz CT molecular complexity index is 1050. The first-order valence-corrected chi connectivity index (χ1v) is 13.0. The van der Waals surface area contributed by atoms with Gasteiger partial charge in [0.1, 0.15) is 36.3 Å². The largest absolute Gasteiger partial charge is 0.685 e. The van der Waals surface area contributed by atoms with Crippen LogP contribution in [0.3, 0.4) is 0 Å². The van der Waals surface area contributed by atoms with Gasteiger partial charge in [-0.3, -0.25) is 9.09 Å². The minimum Gasteiger partial charge on any atom is -0.685 e. The van der Waals surface area contributed by atoms with E-state index in [9.17, 15) is 54.5 Å². The number of hydrogen-bond donors (Lipinski definition) is 7. The molecule has 1 fully saturated rings. The molecule has 2 aliphatic rings. The van der Waals surface area contributed by atoms with Crippen molar-refractivity contribution < 1.29 is 63.5 Å². The van der Waals surface area contributed by atoms with Crippen LogP contribution in [-0.2, 0) is 18.3 Å². The summed E-state index contributed by atoms with van der Waals surface area (Å²) in [4.78, 5) is 60.3. The first-order valence-electron chi connectivity index (χ1n) is 9.89. The molecule has 9 atom stereocenters. The smallest absolute Gasteiger partial charge is 0.475 e. The van der Waals surface area contributed by atoms with Gasteiger partial charge < -0.3 is 55.6 Å². The zero-order valence-corrected chi connectivity index (χ0v) is 19.4. The number of ether oxygens (including phenoxy) is 1. The molecule has 1 saturated heterocycles. The van der Waals surface area contributed by atoms with E-state index in [4.69, 9.17) is 10.5 Å². The van der Waals surface area contributed by atoms with E-state index in [2.05, 4.69) is 14.0 Å². The van der Waals surface area contributed by atoms with Crippen LogP contribution in [0.2, 0.25) is 0 Å². The number of phosphoric ester groups is 1. The second-order valence-corrected chi connectivity index (χ2v) is 10.8. The Morgan fingerprint density at radius 1 is 1.23 bits per heavy atom. The van der Waals surface area contributed by atoms with Crippen molar-refractivity contribution in [2.45, 2.75) is 55.1 Å². The SMILES string of the molecule is Nc1ccn([C@@H]2O[C@H](COP(=O)(O)O[C@@H](C3=C[C@@H](O)[C@H](O)[C@H](O)C3)[P+]([O-])([O-])[O-])[C@@H](O)[C@H]2O)c(=O)n1. The summed E-state index contributed by atoms with van der Waals surface area (Å²) >= 11 is 0. The number of rotatable bonds is 8. The van der Waals surface area contributed by atoms with Gasteiger partial charge in [-0.05, 0) is 17.7 Å². The van der Waals surface area contributed by atoms with Gasteiger partial charge in [0.15, 0.2) is 12.1 Å². The summed E-state index contributed by atoms with van der Waals surface area (Å²) in [5.74, 6) is -2.77. The van der Waals surface area contributed by atoms with Crippen molar-refractivity contribution in [1.82, 2.24) is 9.55 Å². The average Bonchev–Trinajstić information content (AvgIpc) is 3.02. The van der Waals surface area contributed by atoms with Gasteiger partial charge in [-0.15, -0.1) is 7.94 Å². The van der Waals surface area contributed by atoms with E-state index in [1.807, 2.05) is 0 Å². The van der Waals surface area contributed by atoms with Gasteiger partial charge in [-0.2, -0.15) is 4.98 Å². The molecule has 0 amide bonds. The highest BCUT2D eigenvalue weighted by Crippen LogP contribution is 2.55. The molecular formula is C16H23N3O14P2-2. The standard InChI is InChI=1S/C16H25N3O14P2/c17-10-1-2-19(16(25)18-10)14-13(24)12(23)9(32-14)5-31-35(29,30)33-15(34(26,27)28)6-3-7(20)11(22)8(21)4-6/h1-3,7-9,11-15,20-24H,4-5H2,(H,29,30)(H2,17,18,25)(H2,26,27,28)/p-2/t7-,8-,9-,11+,12-,13-,14-,15-/m1/s1. The molecule has 198 valence electrons. The number of aliphatic hydroxyl groups is 5. The highest BCUT2D eigenvalue weighted by molar-refractivity contribution is 7.56. The summed E-state index contributed by atoms with van der Waals surface area (Å²) < 4.78 is 27.6. The maximum absolute atomic E-state index is 12.4. The summed E-state index contributed by atoms with van der Waals surface area (Å²) in [6.45, 7) is -0.975. The lowest BCUT2D eigenvalue weighted by molar-refractivity contribution is -0.434. The molecule has 1 aromatic heterocycles. The lowest BCUT2D eigenvalue weighted by Crippen LogP contribution is -2.47. The van der Waals surface area contributed by atoms with Crippen LogP contribution in [0.15, 0.2) is 28.7 Å². The number of anilines is 1. The van der Waals surface area contributed by atoms with Crippen LogP contribution < -0.4 is 26.1 Å².